The van der Waals surface area contributed by atoms with Gasteiger partial charge in [0.1, 0.15) is 0 Å². The fourth-order valence-corrected chi connectivity index (χ4v) is 1.14. The Morgan fingerprint density at radius 1 is 1.67 bits per heavy atom. The zero-order chi connectivity index (χ0) is 6.53. The average Bonchev–Trinajstić information content (AvgIpc) is 2.34. The predicted molar refractivity (Wildman–Crippen MR) is 37.5 cm³/mol. The van der Waals surface area contributed by atoms with Gasteiger partial charge in [-0.05, 0) is 25.8 Å². The Morgan fingerprint density at radius 3 is 3.11 bits per heavy atom. The van der Waals surface area contributed by atoms with E-state index < -0.39 is 0 Å². The van der Waals surface area contributed by atoms with Crippen LogP contribution in [0.25, 0.3) is 0 Å². The van der Waals surface area contributed by atoms with Gasteiger partial charge < -0.3 is 10.1 Å². The van der Waals surface area contributed by atoms with Gasteiger partial charge in [0.05, 0.1) is 6.61 Å². The summed E-state index contributed by atoms with van der Waals surface area (Å²) in [5.41, 5.74) is 0. The van der Waals surface area contributed by atoms with Crippen molar-refractivity contribution in [1.29, 1.82) is 0 Å². The van der Waals surface area contributed by atoms with Crippen LogP contribution >= 0.6 is 0 Å². The summed E-state index contributed by atoms with van der Waals surface area (Å²) < 4.78 is 5.28. The second kappa shape index (κ2) is 3.85. The zero-order valence-corrected chi connectivity index (χ0v) is 6.02. The quantitative estimate of drug-likeness (QED) is 0.603. The van der Waals surface area contributed by atoms with Crippen LogP contribution in [0.5, 0.6) is 0 Å². The van der Waals surface area contributed by atoms with E-state index >= 15 is 0 Å². The maximum absolute atomic E-state index is 5.28. The summed E-state index contributed by atoms with van der Waals surface area (Å²) >= 11 is 0. The van der Waals surface area contributed by atoms with Gasteiger partial charge in [0.2, 0.25) is 0 Å². The van der Waals surface area contributed by atoms with Crippen molar-refractivity contribution in [2.75, 3.05) is 26.3 Å². The molecule has 2 nitrogen and oxygen atoms in total. The Balaban J connectivity index is 1.98. The smallest absolute Gasteiger partial charge is 0.0506 e. The first kappa shape index (κ1) is 7.03. The van der Waals surface area contributed by atoms with Gasteiger partial charge in [0.15, 0.2) is 0 Å². The molecule has 0 saturated carbocycles. The van der Waals surface area contributed by atoms with E-state index in [1.807, 2.05) is 6.92 Å². The van der Waals surface area contributed by atoms with E-state index in [1.54, 1.807) is 0 Å². The summed E-state index contributed by atoms with van der Waals surface area (Å²) in [6.45, 7) is 6.18. The fourth-order valence-electron chi connectivity index (χ4n) is 1.14. The zero-order valence-electron chi connectivity index (χ0n) is 6.02. The van der Waals surface area contributed by atoms with Crippen molar-refractivity contribution in [2.24, 2.45) is 5.92 Å². The summed E-state index contributed by atoms with van der Waals surface area (Å²) in [6.07, 6.45) is 1.29. The molecule has 9 heavy (non-hydrogen) atoms. The van der Waals surface area contributed by atoms with Crippen LogP contribution in [0.2, 0.25) is 0 Å². The molecule has 0 aliphatic carbocycles. The molecule has 0 aromatic heterocycles. The monoisotopic (exact) mass is 129 g/mol. The number of hydrogen-bond donors (Lipinski definition) is 1. The van der Waals surface area contributed by atoms with Gasteiger partial charge in [-0.25, -0.2) is 0 Å². The third-order valence-electron chi connectivity index (χ3n) is 1.72. The fraction of sp³-hybridized carbons (Fsp3) is 1.00. The topological polar surface area (TPSA) is 21.3 Å². The lowest BCUT2D eigenvalue weighted by Crippen LogP contribution is -2.13. The molecule has 1 N–H and O–H groups in total. The van der Waals surface area contributed by atoms with Gasteiger partial charge in [0.25, 0.3) is 0 Å². The van der Waals surface area contributed by atoms with Crippen LogP contribution in [0.3, 0.4) is 0 Å². The van der Waals surface area contributed by atoms with E-state index in [-0.39, 0.29) is 0 Å². The van der Waals surface area contributed by atoms with Crippen molar-refractivity contribution in [1.82, 2.24) is 5.32 Å². The molecular formula is C7H15NO. The van der Waals surface area contributed by atoms with E-state index in [9.17, 15) is 0 Å². The Hall–Kier alpha value is -0.0800. The molecule has 1 rings (SSSR count). The van der Waals surface area contributed by atoms with E-state index in [1.165, 1.54) is 13.0 Å². The molecule has 1 aliphatic heterocycles. The van der Waals surface area contributed by atoms with Crippen molar-refractivity contribution < 1.29 is 4.74 Å². The molecule has 1 fully saturated rings. The van der Waals surface area contributed by atoms with Crippen LogP contribution in [0, 0.1) is 5.92 Å². The minimum atomic E-state index is 0.782. The number of nitrogens with one attached hydrogen (secondary N) is 1. The molecule has 0 spiro atoms. The SMILES string of the molecule is CCOC[C@H]1CCNC1. The maximum Gasteiger partial charge on any atom is 0.0506 e. The van der Waals surface area contributed by atoms with Gasteiger partial charge in [-0.15, -0.1) is 0 Å². The minimum Gasteiger partial charge on any atom is -0.381 e. The van der Waals surface area contributed by atoms with Crippen LogP contribution in [-0.4, -0.2) is 26.3 Å². The number of hydrogen-bond acceptors (Lipinski definition) is 2. The summed E-state index contributed by atoms with van der Waals surface area (Å²) in [6, 6.07) is 0. The summed E-state index contributed by atoms with van der Waals surface area (Å²) in [4.78, 5) is 0. The van der Waals surface area contributed by atoms with Crippen LogP contribution < -0.4 is 5.32 Å². The van der Waals surface area contributed by atoms with Crippen LogP contribution in [0.4, 0.5) is 0 Å². The first-order chi connectivity index (χ1) is 4.43. The molecule has 0 bridgehead atoms. The largest absolute Gasteiger partial charge is 0.381 e. The van der Waals surface area contributed by atoms with Crippen molar-refractivity contribution in [2.45, 2.75) is 13.3 Å². The highest BCUT2D eigenvalue weighted by Crippen LogP contribution is 2.06. The van der Waals surface area contributed by atoms with Crippen LogP contribution in [0.1, 0.15) is 13.3 Å². The molecule has 0 radical (unpaired) electrons. The molecule has 1 atom stereocenters. The first-order valence-electron chi connectivity index (χ1n) is 3.72. The molecule has 2 heteroatoms. The third-order valence-corrected chi connectivity index (χ3v) is 1.72. The summed E-state index contributed by atoms with van der Waals surface area (Å²) in [7, 11) is 0. The molecule has 0 aromatic rings. The maximum atomic E-state index is 5.28. The van der Waals surface area contributed by atoms with E-state index in [0.29, 0.717) is 0 Å². The van der Waals surface area contributed by atoms with Gasteiger partial charge in [-0.3, -0.25) is 0 Å². The lowest BCUT2D eigenvalue weighted by atomic mass is 10.1. The number of ether oxygens (including phenoxy) is 1. The molecule has 0 amide bonds. The van der Waals surface area contributed by atoms with Crippen LogP contribution in [0.15, 0.2) is 0 Å². The Kier molecular flexibility index (Phi) is 3.01. The molecular weight excluding hydrogens is 114 g/mol. The minimum absolute atomic E-state index is 0.782. The van der Waals surface area contributed by atoms with E-state index in [4.69, 9.17) is 4.74 Å². The standard InChI is InChI=1S/C7H15NO/c1-2-9-6-7-3-4-8-5-7/h7-8H,2-6H2,1H3/t7-/m0/s1. The highest BCUT2D eigenvalue weighted by Gasteiger charge is 2.13. The van der Waals surface area contributed by atoms with Crippen molar-refractivity contribution in [3.8, 4) is 0 Å². The van der Waals surface area contributed by atoms with Gasteiger partial charge in [-0.1, -0.05) is 0 Å². The average molecular weight is 129 g/mol. The molecule has 0 aromatic carbocycles. The Bertz CT molecular complexity index is 69.3. The summed E-state index contributed by atoms with van der Waals surface area (Å²) in [5.74, 6) is 0.782. The molecule has 1 saturated heterocycles. The second-order valence-electron chi connectivity index (χ2n) is 2.52. The lowest BCUT2D eigenvalue weighted by molar-refractivity contribution is 0.116. The molecule has 1 heterocycles. The van der Waals surface area contributed by atoms with Gasteiger partial charge in [0, 0.05) is 13.2 Å². The number of rotatable bonds is 3. The van der Waals surface area contributed by atoms with Crippen LogP contribution in [-0.2, 0) is 4.74 Å². The van der Waals surface area contributed by atoms with E-state index in [2.05, 4.69) is 5.32 Å². The van der Waals surface area contributed by atoms with Crippen molar-refractivity contribution in [3.63, 3.8) is 0 Å². The Labute approximate surface area is 56.6 Å². The first-order valence-corrected chi connectivity index (χ1v) is 3.72. The molecule has 1 aliphatic rings. The molecule has 0 unspecified atom stereocenters. The van der Waals surface area contributed by atoms with Gasteiger partial charge >= 0.3 is 0 Å². The normalized spacial score (nSPS) is 27.0. The van der Waals surface area contributed by atoms with Crippen molar-refractivity contribution >= 4 is 0 Å². The van der Waals surface area contributed by atoms with Crippen molar-refractivity contribution in [3.05, 3.63) is 0 Å². The predicted octanol–water partition coefficient (Wildman–Crippen LogP) is 0.632. The lowest BCUT2D eigenvalue weighted by Gasteiger charge is -2.05. The second-order valence-corrected chi connectivity index (χ2v) is 2.52. The highest BCUT2D eigenvalue weighted by atomic mass is 16.5. The Morgan fingerprint density at radius 2 is 2.56 bits per heavy atom. The van der Waals surface area contributed by atoms with Gasteiger partial charge in [-0.2, -0.15) is 0 Å². The highest BCUT2D eigenvalue weighted by molar-refractivity contribution is 4.69. The summed E-state index contributed by atoms with van der Waals surface area (Å²) in [5, 5.41) is 3.30. The van der Waals surface area contributed by atoms with E-state index in [0.717, 1.165) is 25.7 Å². The molecule has 54 valence electrons. The third kappa shape index (κ3) is 2.33.